The Labute approximate surface area is 173 Å². The molecule has 1 saturated heterocycles. The van der Waals surface area contributed by atoms with Gasteiger partial charge >= 0.3 is 0 Å². The van der Waals surface area contributed by atoms with Crippen molar-refractivity contribution >= 4 is 33.2 Å². The Morgan fingerprint density at radius 1 is 1.21 bits per heavy atom. The van der Waals surface area contributed by atoms with Gasteiger partial charge in [-0.05, 0) is 55.5 Å². The molecule has 2 aliphatic rings. The van der Waals surface area contributed by atoms with Crippen LogP contribution in [0.5, 0.6) is 11.6 Å². The second-order valence-corrected chi connectivity index (χ2v) is 9.03. The van der Waals surface area contributed by atoms with E-state index in [1.807, 2.05) is 25.1 Å². The number of nitrogens with one attached hydrogen (secondary N) is 1. The molecule has 0 bridgehead atoms. The molecule has 0 spiro atoms. The summed E-state index contributed by atoms with van der Waals surface area (Å²) in [6.07, 6.45) is 3.43. The standard InChI is InChI=1S/C21H22ClN3O2S/c1-13-11-14(5-6-16(13)22)27-20-19-15-3-2-4-17(15)28-21(19)24-18(23-20)12-25-7-9-26-10-8-25/h5-6,11H,2-4,7-10,12H2,1H3/p+1. The third-order valence-electron chi connectivity index (χ3n) is 5.53. The third-order valence-corrected chi connectivity index (χ3v) is 7.14. The molecule has 5 nitrogen and oxygen atoms in total. The van der Waals surface area contributed by atoms with Crippen molar-refractivity contribution in [3.05, 3.63) is 45.1 Å². The van der Waals surface area contributed by atoms with Crippen molar-refractivity contribution in [2.45, 2.75) is 32.7 Å². The summed E-state index contributed by atoms with van der Waals surface area (Å²) >= 11 is 7.99. The van der Waals surface area contributed by atoms with E-state index in [-0.39, 0.29) is 0 Å². The van der Waals surface area contributed by atoms with Crippen LogP contribution in [0.25, 0.3) is 10.2 Å². The fourth-order valence-corrected chi connectivity index (χ4v) is 5.40. The number of hydrogen-bond acceptors (Lipinski definition) is 5. The highest BCUT2D eigenvalue weighted by Crippen LogP contribution is 2.41. The molecule has 28 heavy (non-hydrogen) atoms. The summed E-state index contributed by atoms with van der Waals surface area (Å²) in [5, 5.41) is 1.85. The zero-order valence-electron chi connectivity index (χ0n) is 15.9. The number of quaternary nitrogens is 1. The molecule has 0 unspecified atom stereocenters. The Balaban J connectivity index is 1.54. The van der Waals surface area contributed by atoms with Gasteiger partial charge in [0.25, 0.3) is 0 Å². The van der Waals surface area contributed by atoms with Gasteiger partial charge in [0.05, 0.1) is 18.6 Å². The predicted molar refractivity (Wildman–Crippen MR) is 111 cm³/mol. The van der Waals surface area contributed by atoms with E-state index in [1.165, 1.54) is 21.8 Å². The van der Waals surface area contributed by atoms with Gasteiger partial charge in [0.15, 0.2) is 5.82 Å². The second kappa shape index (κ2) is 7.59. The molecule has 0 radical (unpaired) electrons. The van der Waals surface area contributed by atoms with Crippen LogP contribution in [0.15, 0.2) is 18.2 Å². The van der Waals surface area contributed by atoms with Crippen LogP contribution < -0.4 is 9.64 Å². The van der Waals surface area contributed by atoms with E-state index < -0.39 is 0 Å². The van der Waals surface area contributed by atoms with Crippen molar-refractivity contribution in [3.8, 4) is 11.6 Å². The smallest absolute Gasteiger partial charge is 0.231 e. The molecule has 0 atom stereocenters. The SMILES string of the molecule is Cc1cc(Oc2nc(C[NH+]3CCOCC3)nc3sc4c(c23)CCC4)ccc1Cl. The summed E-state index contributed by atoms with van der Waals surface area (Å²) in [5.74, 6) is 2.31. The fourth-order valence-electron chi connectivity index (χ4n) is 4.01. The quantitative estimate of drug-likeness (QED) is 0.708. The Morgan fingerprint density at radius 2 is 2.07 bits per heavy atom. The van der Waals surface area contributed by atoms with E-state index in [2.05, 4.69) is 0 Å². The minimum Gasteiger partial charge on any atom is -0.438 e. The molecule has 2 aromatic heterocycles. The van der Waals surface area contributed by atoms with Crippen molar-refractivity contribution in [3.63, 3.8) is 0 Å². The first-order valence-electron chi connectivity index (χ1n) is 9.84. The number of aryl methyl sites for hydroxylation is 3. The van der Waals surface area contributed by atoms with E-state index in [4.69, 9.17) is 31.0 Å². The molecular formula is C21H23ClN3O2S+. The average Bonchev–Trinajstić information content (AvgIpc) is 3.26. The first kappa shape index (κ1) is 18.3. The molecule has 1 aliphatic carbocycles. The van der Waals surface area contributed by atoms with Gasteiger partial charge in [-0.15, -0.1) is 11.3 Å². The third kappa shape index (κ3) is 3.50. The van der Waals surface area contributed by atoms with Crippen LogP contribution in [0.3, 0.4) is 0 Å². The Morgan fingerprint density at radius 3 is 2.89 bits per heavy atom. The lowest BCUT2D eigenvalue weighted by molar-refractivity contribution is -0.922. The van der Waals surface area contributed by atoms with Gasteiger partial charge in [-0.1, -0.05) is 11.6 Å². The number of nitrogens with zero attached hydrogens (tertiary/aromatic N) is 2. The van der Waals surface area contributed by atoms with E-state index in [0.29, 0.717) is 5.88 Å². The minimum absolute atomic E-state index is 0.689. The topological polar surface area (TPSA) is 48.7 Å². The highest BCUT2D eigenvalue weighted by molar-refractivity contribution is 7.19. The molecule has 1 aromatic carbocycles. The van der Waals surface area contributed by atoms with Crippen LogP contribution >= 0.6 is 22.9 Å². The molecule has 7 heteroatoms. The summed E-state index contributed by atoms with van der Waals surface area (Å²) in [6.45, 7) is 6.39. The van der Waals surface area contributed by atoms with Crippen LogP contribution in [-0.4, -0.2) is 36.3 Å². The number of morpholine rings is 1. The van der Waals surface area contributed by atoms with Crippen molar-refractivity contribution in [1.29, 1.82) is 0 Å². The normalized spacial score (nSPS) is 17.2. The average molecular weight is 417 g/mol. The van der Waals surface area contributed by atoms with Crippen LogP contribution in [0.4, 0.5) is 0 Å². The summed E-state index contributed by atoms with van der Waals surface area (Å²) in [4.78, 5) is 13.7. The van der Waals surface area contributed by atoms with Gasteiger partial charge in [-0.3, -0.25) is 0 Å². The Bertz CT molecular complexity index is 1030. The van der Waals surface area contributed by atoms with E-state index >= 15 is 0 Å². The highest BCUT2D eigenvalue weighted by Gasteiger charge is 2.25. The number of aromatic nitrogens is 2. The molecule has 1 N–H and O–H groups in total. The van der Waals surface area contributed by atoms with Crippen molar-refractivity contribution < 1.29 is 14.4 Å². The van der Waals surface area contributed by atoms with Gasteiger partial charge in [-0.25, -0.2) is 4.98 Å². The number of halogens is 1. The summed E-state index contributed by atoms with van der Waals surface area (Å²) in [7, 11) is 0. The van der Waals surface area contributed by atoms with Gasteiger partial charge in [0.2, 0.25) is 5.88 Å². The molecule has 0 amide bonds. The van der Waals surface area contributed by atoms with Crippen LogP contribution in [-0.2, 0) is 24.1 Å². The lowest BCUT2D eigenvalue weighted by Gasteiger charge is -2.23. The maximum absolute atomic E-state index is 6.30. The first-order chi connectivity index (χ1) is 13.7. The van der Waals surface area contributed by atoms with Crippen LogP contribution in [0.2, 0.25) is 5.02 Å². The molecule has 0 saturated carbocycles. The number of hydrogen-bond donors (Lipinski definition) is 1. The monoisotopic (exact) mass is 416 g/mol. The van der Waals surface area contributed by atoms with Crippen LogP contribution in [0, 0.1) is 6.92 Å². The molecular weight excluding hydrogens is 394 g/mol. The van der Waals surface area contributed by atoms with E-state index in [9.17, 15) is 0 Å². The minimum atomic E-state index is 0.689. The first-order valence-corrected chi connectivity index (χ1v) is 11.0. The number of thiophene rings is 1. The molecule has 1 fully saturated rings. The molecule has 3 aromatic rings. The van der Waals surface area contributed by atoms with E-state index in [1.54, 1.807) is 11.3 Å². The van der Waals surface area contributed by atoms with Crippen LogP contribution in [0.1, 0.15) is 28.2 Å². The van der Waals surface area contributed by atoms with Crippen molar-refractivity contribution in [2.24, 2.45) is 0 Å². The molecule has 1 aliphatic heterocycles. The maximum atomic E-state index is 6.30. The fraction of sp³-hybridized carbons (Fsp3) is 0.429. The van der Waals surface area contributed by atoms with Gasteiger partial charge in [0.1, 0.15) is 30.2 Å². The molecule has 5 rings (SSSR count). The maximum Gasteiger partial charge on any atom is 0.231 e. The van der Waals surface area contributed by atoms with Gasteiger partial charge in [-0.2, -0.15) is 4.98 Å². The molecule has 146 valence electrons. The Hall–Kier alpha value is -1.73. The number of ether oxygens (including phenoxy) is 2. The van der Waals surface area contributed by atoms with Gasteiger partial charge < -0.3 is 14.4 Å². The predicted octanol–water partition coefficient (Wildman–Crippen LogP) is 3.35. The summed E-state index contributed by atoms with van der Waals surface area (Å²) < 4.78 is 11.8. The summed E-state index contributed by atoms with van der Waals surface area (Å²) in [6, 6.07) is 5.75. The molecule has 3 heterocycles. The largest absolute Gasteiger partial charge is 0.438 e. The van der Waals surface area contributed by atoms with E-state index in [0.717, 1.165) is 78.1 Å². The zero-order chi connectivity index (χ0) is 19.1. The lowest BCUT2D eigenvalue weighted by Crippen LogP contribution is -3.12. The second-order valence-electron chi connectivity index (χ2n) is 7.53. The highest BCUT2D eigenvalue weighted by atomic mass is 35.5. The summed E-state index contributed by atoms with van der Waals surface area (Å²) in [5.41, 5.74) is 2.38. The number of benzene rings is 1. The zero-order valence-corrected chi connectivity index (χ0v) is 17.5. The van der Waals surface area contributed by atoms with Gasteiger partial charge in [0, 0.05) is 9.90 Å². The lowest BCUT2D eigenvalue weighted by atomic mass is 10.2. The number of rotatable bonds is 4. The Kier molecular flexibility index (Phi) is 4.97. The van der Waals surface area contributed by atoms with Crippen molar-refractivity contribution in [2.75, 3.05) is 26.3 Å². The number of fused-ring (bicyclic) bond motifs is 3. The van der Waals surface area contributed by atoms with Crippen molar-refractivity contribution in [1.82, 2.24) is 9.97 Å².